The smallest absolute Gasteiger partial charge is 0.416 e. The second-order valence-corrected chi connectivity index (χ2v) is 10.7. The molecule has 186 valence electrons. The Balaban J connectivity index is 1.61. The van der Waals surface area contributed by atoms with E-state index in [1.807, 2.05) is 19.9 Å². The molecule has 2 amide bonds. The lowest BCUT2D eigenvalue weighted by Gasteiger charge is -2.24. The van der Waals surface area contributed by atoms with Crippen molar-refractivity contribution in [2.75, 3.05) is 13.7 Å². The van der Waals surface area contributed by atoms with Gasteiger partial charge in [-0.25, -0.2) is 9.69 Å². The summed E-state index contributed by atoms with van der Waals surface area (Å²) in [5.41, 5.74) is 4.74. The zero-order chi connectivity index (χ0) is 25.3. The Hall–Kier alpha value is -2.80. The molecule has 0 radical (unpaired) electrons. The van der Waals surface area contributed by atoms with Crippen molar-refractivity contribution in [2.24, 2.45) is 11.8 Å². The molecule has 2 aromatic carbocycles. The summed E-state index contributed by atoms with van der Waals surface area (Å²) in [5.74, 6) is 0.864. The Morgan fingerprint density at radius 3 is 2.54 bits per heavy atom. The molecule has 1 unspecified atom stereocenters. The van der Waals surface area contributed by atoms with Gasteiger partial charge < -0.3 is 14.0 Å². The Labute approximate surface area is 215 Å². The van der Waals surface area contributed by atoms with Gasteiger partial charge >= 0.3 is 6.09 Å². The van der Waals surface area contributed by atoms with E-state index in [0.29, 0.717) is 6.42 Å². The highest BCUT2D eigenvalue weighted by Crippen LogP contribution is 2.33. The molecule has 1 aliphatic heterocycles. The monoisotopic (exact) mass is 540 g/mol. The lowest BCUT2D eigenvalue weighted by atomic mass is 9.94. The van der Waals surface area contributed by atoms with Crippen molar-refractivity contribution in [1.82, 2.24) is 9.47 Å². The number of carbonyl (C=O) groups excluding carboxylic acids is 2. The van der Waals surface area contributed by atoms with E-state index in [1.54, 1.807) is 7.11 Å². The first-order valence-corrected chi connectivity index (χ1v) is 12.9. The maximum absolute atomic E-state index is 13.1. The predicted octanol–water partition coefficient (Wildman–Crippen LogP) is 6.34. The summed E-state index contributed by atoms with van der Waals surface area (Å²) < 4.78 is 14.1. The Kier molecular flexibility index (Phi) is 7.55. The molecule has 1 aromatic heterocycles. The van der Waals surface area contributed by atoms with Gasteiger partial charge in [-0.15, -0.1) is 0 Å². The molecule has 1 saturated heterocycles. The number of cyclic esters (lactones) is 1. The number of imide groups is 1. The highest BCUT2D eigenvalue weighted by molar-refractivity contribution is 9.10. The number of hydrogen-bond acceptors (Lipinski definition) is 4. The minimum atomic E-state index is -0.520. The summed E-state index contributed by atoms with van der Waals surface area (Å²) >= 11 is 3.51. The number of rotatable bonds is 8. The Morgan fingerprint density at radius 2 is 1.89 bits per heavy atom. The first-order chi connectivity index (χ1) is 16.7. The predicted molar refractivity (Wildman–Crippen MR) is 141 cm³/mol. The molecule has 6 nitrogen and oxygen atoms in total. The maximum Gasteiger partial charge on any atom is 0.416 e. The summed E-state index contributed by atoms with van der Waals surface area (Å²) in [6.45, 7) is 9.26. The van der Waals surface area contributed by atoms with E-state index in [-0.39, 0.29) is 30.4 Å². The molecule has 3 aromatic rings. The Morgan fingerprint density at radius 1 is 1.17 bits per heavy atom. The van der Waals surface area contributed by atoms with Gasteiger partial charge in [0.1, 0.15) is 12.4 Å². The van der Waals surface area contributed by atoms with Crippen molar-refractivity contribution in [3.8, 4) is 5.75 Å². The number of fused-ring (bicyclic) bond motifs is 1. The van der Waals surface area contributed by atoms with Gasteiger partial charge in [0.05, 0.1) is 13.2 Å². The minimum absolute atomic E-state index is 0.0559. The van der Waals surface area contributed by atoms with E-state index in [4.69, 9.17) is 9.47 Å². The van der Waals surface area contributed by atoms with Crippen molar-refractivity contribution < 1.29 is 19.1 Å². The van der Waals surface area contributed by atoms with Crippen LogP contribution in [0.25, 0.3) is 10.9 Å². The molecular formula is C28H33BrN2O4. The zero-order valence-electron chi connectivity index (χ0n) is 21.0. The number of amides is 2. The number of benzene rings is 2. The number of ether oxygens (including phenoxy) is 2. The number of halogens is 1. The van der Waals surface area contributed by atoms with Crippen LogP contribution in [0.4, 0.5) is 4.79 Å². The van der Waals surface area contributed by atoms with Gasteiger partial charge in [-0.05, 0) is 66.6 Å². The van der Waals surface area contributed by atoms with E-state index in [2.05, 4.69) is 70.7 Å². The average molecular weight is 541 g/mol. The first-order valence-electron chi connectivity index (χ1n) is 12.1. The fraction of sp³-hybridized carbons (Fsp3) is 0.429. The second-order valence-electron chi connectivity index (χ2n) is 9.83. The van der Waals surface area contributed by atoms with Gasteiger partial charge in [0.2, 0.25) is 5.91 Å². The molecule has 2 atom stereocenters. The highest BCUT2D eigenvalue weighted by atomic mass is 79.9. The van der Waals surface area contributed by atoms with Crippen molar-refractivity contribution >= 4 is 38.8 Å². The van der Waals surface area contributed by atoms with Crippen LogP contribution >= 0.6 is 15.9 Å². The second kappa shape index (κ2) is 10.4. The summed E-state index contributed by atoms with van der Waals surface area (Å²) in [6, 6.07) is 14.3. The number of carbonyl (C=O) groups is 2. The number of hydrogen-bond donors (Lipinski definition) is 0. The lowest BCUT2D eigenvalue weighted by molar-refractivity contribution is -0.130. The van der Waals surface area contributed by atoms with Crippen LogP contribution in [-0.2, 0) is 22.5 Å². The summed E-state index contributed by atoms with van der Waals surface area (Å²) in [7, 11) is 1.67. The Bertz CT molecular complexity index is 1230. The van der Waals surface area contributed by atoms with E-state index in [9.17, 15) is 9.59 Å². The van der Waals surface area contributed by atoms with Gasteiger partial charge in [0, 0.05) is 34.0 Å². The van der Waals surface area contributed by atoms with E-state index < -0.39 is 6.09 Å². The van der Waals surface area contributed by atoms with E-state index >= 15 is 0 Å². The summed E-state index contributed by atoms with van der Waals surface area (Å²) in [6.07, 6.45) is 0.498. The van der Waals surface area contributed by atoms with Crippen LogP contribution in [0.3, 0.4) is 0 Å². The molecule has 7 heteroatoms. The molecule has 0 saturated carbocycles. The number of aromatic nitrogens is 1. The lowest BCUT2D eigenvalue weighted by Crippen LogP contribution is -2.42. The third kappa shape index (κ3) is 5.25. The van der Waals surface area contributed by atoms with Crippen LogP contribution in [0.5, 0.6) is 5.75 Å². The fourth-order valence-corrected chi connectivity index (χ4v) is 5.19. The highest BCUT2D eigenvalue weighted by Gasteiger charge is 2.39. The molecule has 4 rings (SSSR count). The fourth-order valence-electron chi connectivity index (χ4n) is 4.92. The normalized spacial score (nSPS) is 16.7. The average Bonchev–Trinajstić information content (AvgIpc) is 3.33. The van der Waals surface area contributed by atoms with Crippen LogP contribution in [0, 0.1) is 18.8 Å². The molecule has 1 aliphatic rings. The zero-order valence-corrected chi connectivity index (χ0v) is 22.6. The molecule has 2 heterocycles. The van der Waals surface area contributed by atoms with Crippen molar-refractivity contribution in [3.05, 3.63) is 63.8 Å². The largest absolute Gasteiger partial charge is 0.497 e. The van der Waals surface area contributed by atoms with Crippen molar-refractivity contribution in [2.45, 2.75) is 53.1 Å². The van der Waals surface area contributed by atoms with Crippen LogP contribution < -0.4 is 4.74 Å². The van der Waals surface area contributed by atoms with E-state index in [0.717, 1.165) is 34.1 Å². The van der Waals surface area contributed by atoms with Gasteiger partial charge in [0.15, 0.2) is 0 Å². The topological polar surface area (TPSA) is 60.8 Å². The molecule has 0 aliphatic carbocycles. The molecule has 35 heavy (non-hydrogen) atoms. The molecule has 0 spiro atoms. The van der Waals surface area contributed by atoms with Gasteiger partial charge in [-0.3, -0.25) is 4.79 Å². The quantitative estimate of drug-likeness (QED) is 0.334. The third-order valence-electron chi connectivity index (χ3n) is 6.94. The van der Waals surface area contributed by atoms with Crippen molar-refractivity contribution in [3.63, 3.8) is 0 Å². The molecule has 1 fully saturated rings. The maximum atomic E-state index is 13.1. The van der Waals surface area contributed by atoms with Crippen LogP contribution in [0.2, 0.25) is 0 Å². The van der Waals surface area contributed by atoms with Crippen LogP contribution in [0.1, 0.15) is 44.0 Å². The summed E-state index contributed by atoms with van der Waals surface area (Å²) in [4.78, 5) is 26.6. The summed E-state index contributed by atoms with van der Waals surface area (Å²) in [5, 5.41) is 1.14. The first kappa shape index (κ1) is 25.3. The third-order valence-corrected chi connectivity index (χ3v) is 7.46. The van der Waals surface area contributed by atoms with Gasteiger partial charge in [-0.1, -0.05) is 48.8 Å². The standard InChI is InChI=1S/C28H33BrN2O4/c1-17(2)26-16-35-28(33)31(26)27(32)13-18(3)12-23-19(4)30(15-20-6-8-21(29)9-7-20)25-11-10-22(34-5)14-24(23)25/h6-11,14,17-18,26H,12-13,15-16H2,1-5H3/t18?,26-/m0/s1. The van der Waals surface area contributed by atoms with Crippen LogP contribution in [0.15, 0.2) is 46.9 Å². The van der Waals surface area contributed by atoms with Gasteiger partial charge in [-0.2, -0.15) is 0 Å². The van der Waals surface area contributed by atoms with Crippen molar-refractivity contribution in [1.29, 1.82) is 0 Å². The molecule has 0 bridgehead atoms. The van der Waals surface area contributed by atoms with Gasteiger partial charge in [0.25, 0.3) is 0 Å². The molecular weight excluding hydrogens is 508 g/mol. The molecule has 0 N–H and O–H groups in total. The number of nitrogens with zero attached hydrogens (tertiary/aromatic N) is 2. The van der Waals surface area contributed by atoms with Crippen LogP contribution in [-0.4, -0.2) is 41.2 Å². The SMILES string of the molecule is COc1ccc2c(c1)c(CC(C)CC(=O)N1C(=O)OC[C@H]1C(C)C)c(C)n2Cc1ccc(Br)cc1. The van der Waals surface area contributed by atoms with E-state index in [1.165, 1.54) is 21.7 Å². The minimum Gasteiger partial charge on any atom is -0.497 e. The number of methoxy groups -OCH3 is 1.